The summed E-state index contributed by atoms with van der Waals surface area (Å²) in [5.74, 6) is -0.279. The molecule has 0 aliphatic rings. The lowest BCUT2D eigenvalue weighted by Gasteiger charge is -2.10. The van der Waals surface area contributed by atoms with Crippen molar-refractivity contribution in [1.29, 1.82) is 0 Å². The molecule has 4 nitrogen and oxygen atoms in total. The van der Waals surface area contributed by atoms with Gasteiger partial charge in [-0.3, -0.25) is 5.10 Å². The summed E-state index contributed by atoms with van der Waals surface area (Å²) >= 11 is 5.21. The van der Waals surface area contributed by atoms with Crippen molar-refractivity contribution in [3.63, 3.8) is 0 Å². The molecule has 1 heterocycles. The van der Waals surface area contributed by atoms with Crippen molar-refractivity contribution < 1.29 is 4.39 Å². The third-order valence-corrected chi connectivity index (χ3v) is 3.01. The Morgan fingerprint density at radius 3 is 2.55 bits per heavy atom. The van der Waals surface area contributed by atoms with Crippen LogP contribution in [0.5, 0.6) is 0 Å². The van der Waals surface area contributed by atoms with Crippen LogP contribution in [0.1, 0.15) is 0 Å². The molecular weight excluding hydrogens is 275 g/mol. The average Bonchev–Trinajstić information content (AvgIpc) is 2.89. The number of H-pyrrole nitrogens is 1. The molecule has 0 bridgehead atoms. The fourth-order valence-electron chi connectivity index (χ4n) is 1.84. The zero-order chi connectivity index (χ0) is 13.9. The second kappa shape index (κ2) is 5.26. The number of halogens is 1. The molecule has 0 aliphatic heterocycles. The minimum Gasteiger partial charge on any atom is -0.332 e. The van der Waals surface area contributed by atoms with Gasteiger partial charge in [0.25, 0.3) is 0 Å². The van der Waals surface area contributed by atoms with Crippen molar-refractivity contribution in [2.75, 3.05) is 10.6 Å². The zero-order valence-corrected chi connectivity index (χ0v) is 11.2. The Bertz CT molecular complexity index is 751. The second-order valence-electron chi connectivity index (χ2n) is 4.26. The number of rotatable bonds is 2. The van der Waals surface area contributed by atoms with Gasteiger partial charge in [-0.1, -0.05) is 0 Å². The molecule has 0 spiro atoms. The molecule has 20 heavy (non-hydrogen) atoms. The Morgan fingerprint density at radius 1 is 1.05 bits per heavy atom. The van der Waals surface area contributed by atoms with Crippen LogP contribution in [-0.4, -0.2) is 15.3 Å². The normalized spacial score (nSPS) is 10.4. The van der Waals surface area contributed by atoms with Crippen molar-refractivity contribution in [2.45, 2.75) is 0 Å². The third-order valence-electron chi connectivity index (χ3n) is 2.80. The van der Waals surface area contributed by atoms with Gasteiger partial charge in [-0.15, -0.1) is 0 Å². The minimum absolute atomic E-state index is 0.279. The highest BCUT2D eigenvalue weighted by Gasteiger charge is 2.01. The first-order chi connectivity index (χ1) is 9.70. The molecule has 2 aromatic carbocycles. The number of nitrogens with zero attached hydrogens (tertiary/aromatic N) is 1. The molecule has 0 aliphatic carbocycles. The summed E-state index contributed by atoms with van der Waals surface area (Å²) in [7, 11) is 0. The lowest BCUT2D eigenvalue weighted by molar-refractivity contribution is 0.628. The highest BCUT2D eigenvalue weighted by Crippen LogP contribution is 2.17. The van der Waals surface area contributed by atoms with E-state index in [2.05, 4.69) is 20.8 Å². The van der Waals surface area contributed by atoms with E-state index < -0.39 is 0 Å². The highest BCUT2D eigenvalue weighted by molar-refractivity contribution is 7.80. The van der Waals surface area contributed by atoms with Crippen LogP contribution in [0.25, 0.3) is 10.9 Å². The molecule has 6 heteroatoms. The summed E-state index contributed by atoms with van der Waals surface area (Å²) < 4.78 is 12.8. The minimum atomic E-state index is -0.279. The summed E-state index contributed by atoms with van der Waals surface area (Å²) in [6, 6.07) is 11.8. The van der Waals surface area contributed by atoms with Gasteiger partial charge < -0.3 is 10.6 Å². The SMILES string of the molecule is Fc1ccc(NC(=S)Nc2ccc3cn[nH]c3c2)cc1. The molecule has 3 aromatic rings. The smallest absolute Gasteiger partial charge is 0.175 e. The topological polar surface area (TPSA) is 52.7 Å². The average molecular weight is 286 g/mol. The van der Waals surface area contributed by atoms with E-state index in [-0.39, 0.29) is 5.82 Å². The van der Waals surface area contributed by atoms with Gasteiger partial charge in [0, 0.05) is 16.8 Å². The lowest BCUT2D eigenvalue weighted by atomic mass is 10.2. The Hall–Kier alpha value is -2.47. The summed E-state index contributed by atoms with van der Waals surface area (Å²) in [6.45, 7) is 0. The van der Waals surface area contributed by atoms with Gasteiger partial charge in [0.05, 0.1) is 11.7 Å². The second-order valence-corrected chi connectivity index (χ2v) is 4.67. The highest BCUT2D eigenvalue weighted by atomic mass is 32.1. The molecule has 3 N–H and O–H groups in total. The Labute approximate surface area is 120 Å². The number of thiocarbonyl (C=S) groups is 1. The zero-order valence-electron chi connectivity index (χ0n) is 10.4. The van der Waals surface area contributed by atoms with E-state index in [1.54, 1.807) is 18.3 Å². The molecule has 3 rings (SSSR count). The number of fused-ring (bicyclic) bond motifs is 1. The first-order valence-corrected chi connectivity index (χ1v) is 6.38. The van der Waals surface area contributed by atoms with E-state index >= 15 is 0 Å². The van der Waals surface area contributed by atoms with Crippen molar-refractivity contribution >= 4 is 39.6 Å². The first-order valence-electron chi connectivity index (χ1n) is 5.97. The molecule has 0 saturated heterocycles. The van der Waals surface area contributed by atoms with Crippen LogP contribution in [0, 0.1) is 5.82 Å². The molecule has 0 atom stereocenters. The lowest BCUT2D eigenvalue weighted by Crippen LogP contribution is -2.18. The summed E-state index contributed by atoms with van der Waals surface area (Å²) in [6.07, 6.45) is 1.76. The quantitative estimate of drug-likeness (QED) is 0.631. The molecule has 0 fully saturated rings. The number of hydrogen-bond donors (Lipinski definition) is 3. The van der Waals surface area contributed by atoms with Crippen LogP contribution in [0.15, 0.2) is 48.7 Å². The number of aromatic nitrogens is 2. The van der Waals surface area contributed by atoms with Crippen LogP contribution < -0.4 is 10.6 Å². The summed E-state index contributed by atoms with van der Waals surface area (Å²) in [4.78, 5) is 0. The van der Waals surface area contributed by atoms with Gasteiger partial charge in [0.2, 0.25) is 0 Å². The van der Waals surface area contributed by atoms with Crippen LogP contribution in [0.3, 0.4) is 0 Å². The maximum absolute atomic E-state index is 12.8. The fourth-order valence-corrected chi connectivity index (χ4v) is 2.08. The molecule has 0 amide bonds. The van der Waals surface area contributed by atoms with Crippen molar-refractivity contribution in [1.82, 2.24) is 10.2 Å². The number of aromatic amines is 1. The van der Waals surface area contributed by atoms with Crippen LogP contribution >= 0.6 is 12.2 Å². The van der Waals surface area contributed by atoms with E-state index in [0.717, 1.165) is 22.3 Å². The van der Waals surface area contributed by atoms with Gasteiger partial charge in [-0.25, -0.2) is 4.39 Å². The molecular formula is C14H11FN4S. The van der Waals surface area contributed by atoms with Gasteiger partial charge >= 0.3 is 0 Å². The first kappa shape index (κ1) is 12.6. The number of nitrogens with one attached hydrogen (secondary N) is 3. The standard InChI is InChI=1S/C14H11FN4S/c15-10-2-5-11(6-3-10)17-14(20)18-12-4-1-9-8-16-19-13(9)7-12/h1-8H,(H,16,19)(H2,17,18,20). The number of anilines is 2. The third kappa shape index (κ3) is 2.75. The van der Waals surface area contributed by atoms with Crippen molar-refractivity contribution in [2.24, 2.45) is 0 Å². The van der Waals surface area contributed by atoms with Gasteiger partial charge in [0.15, 0.2) is 5.11 Å². The van der Waals surface area contributed by atoms with Gasteiger partial charge in [0.1, 0.15) is 5.82 Å². The van der Waals surface area contributed by atoms with Crippen LogP contribution in [0.2, 0.25) is 0 Å². The largest absolute Gasteiger partial charge is 0.332 e. The Kier molecular flexibility index (Phi) is 3.30. The van der Waals surface area contributed by atoms with E-state index in [0.29, 0.717) is 5.11 Å². The van der Waals surface area contributed by atoms with E-state index in [1.807, 2.05) is 18.2 Å². The number of benzene rings is 2. The fraction of sp³-hybridized carbons (Fsp3) is 0. The van der Waals surface area contributed by atoms with Gasteiger partial charge in [-0.2, -0.15) is 5.10 Å². The maximum Gasteiger partial charge on any atom is 0.175 e. The van der Waals surface area contributed by atoms with E-state index in [4.69, 9.17) is 12.2 Å². The Balaban J connectivity index is 1.70. The number of hydrogen-bond acceptors (Lipinski definition) is 2. The van der Waals surface area contributed by atoms with Crippen LogP contribution in [0.4, 0.5) is 15.8 Å². The summed E-state index contributed by atoms with van der Waals surface area (Å²) in [5, 5.41) is 14.4. The van der Waals surface area contributed by atoms with E-state index in [9.17, 15) is 4.39 Å². The predicted octanol–water partition coefficient (Wildman–Crippen LogP) is 3.51. The monoisotopic (exact) mass is 286 g/mol. The molecule has 0 saturated carbocycles. The molecule has 1 aromatic heterocycles. The van der Waals surface area contributed by atoms with Crippen molar-refractivity contribution in [3.8, 4) is 0 Å². The van der Waals surface area contributed by atoms with Crippen LogP contribution in [-0.2, 0) is 0 Å². The maximum atomic E-state index is 12.8. The predicted molar refractivity (Wildman–Crippen MR) is 82.3 cm³/mol. The Morgan fingerprint density at radius 2 is 1.75 bits per heavy atom. The molecule has 0 unspecified atom stereocenters. The molecule has 0 radical (unpaired) electrons. The van der Waals surface area contributed by atoms with Gasteiger partial charge in [-0.05, 0) is 54.7 Å². The van der Waals surface area contributed by atoms with E-state index in [1.165, 1.54) is 12.1 Å². The van der Waals surface area contributed by atoms with Crippen molar-refractivity contribution in [3.05, 3.63) is 54.5 Å². The summed E-state index contributed by atoms with van der Waals surface area (Å²) in [5.41, 5.74) is 2.51. The molecule has 100 valence electrons.